The van der Waals surface area contributed by atoms with Crippen molar-refractivity contribution in [3.63, 3.8) is 0 Å². The maximum absolute atomic E-state index is 13.4. The van der Waals surface area contributed by atoms with Crippen LogP contribution >= 0.6 is 23.2 Å². The minimum atomic E-state index is -0.841. The molecule has 9 heteroatoms. The van der Waals surface area contributed by atoms with Crippen LogP contribution in [0, 0.1) is 5.82 Å². The first kappa shape index (κ1) is 19.7. The second-order valence-electron chi connectivity index (χ2n) is 5.00. The Morgan fingerprint density at radius 2 is 1.81 bits per heavy atom. The molecule has 0 saturated carbocycles. The highest BCUT2D eigenvalue weighted by Gasteiger charge is 2.14. The molecule has 0 fully saturated rings. The van der Waals surface area contributed by atoms with Crippen molar-refractivity contribution < 1.29 is 23.5 Å². The fourth-order valence-electron chi connectivity index (χ4n) is 1.87. The molecule has 6 nitrogen and oxygen atoms in total. The number of benzene rings is 2. The van der Waals surface area contributed by atoms with Crippen molar-refractivity contribution >= 4 is 46.7 Å². The molecule has 0 aromatic heterocycles. The number of anilines is 1. The predicted molar refractivity (Wildman–Crippen MR) is 94.8 cm³/mol. The Bertz CT molecular complexity index is 845. The molecule has 2 rings (SSSR count). The summed E-state index contributed by atoms with van der Waals surface area (Å²) in [4.78, 5) is 35.2. The van der Waals surface area contributed by atoms with Crippen LogP contribution in [-0.4, -0.2) is 30.9 Å². The molecular formula is C17H13Cl2FN2O4. The summed E-state index contributed by atoms with van der Waals surface area (Å²) in [5, 5.41) is 5.07. The van der Waals surface area contributed by atoms with Gasteiger partial charge in [0.1, 0.15) is 12.4 Å². The minimum Gasteiger partial charge on any atom is -0.454 e. The summed E-state index contributed by atoms with van der Waals surface area (Å²) in [5.41, 5.74) is 0.111. The third kappa shape index (κ3) is 5.72. The molecule has 0 radical (unpaired) electrons. The monoisotopic (exact) mass is 398 g/mol. The Hall–Kier alpha value is -2.64. The largest absolute Gasteiger partial charge is 0.454 e. The molecule has 2 N–H and O–H groups in total. The molecule has 0 heterocycles. The first-order valence-electron chi connectivity index (χ1n) is 7.30. The van der Waals surface area contributed by atoms with Crippen LogP contribution in [0.2, 0.25) is 10.0 Å². The fraction of sp³-hybridized carbons (Fsp3) is 0.118. The first-order chi connectivity index (χ1) is 12.4. The Morgan fingerprint density at radius 1 is 1.08 bits per heavy atom. The van der Waals surface area contributed by atoms with Crippen LogP contribution in [0.1, 0.15) is 10.4 Å². The van der Waals surface area contributed by atoms with Crippen LogP contribution in [0.4, 0.5) is 10.1 Å². The van der Waals surface area contributed by atoms with Gasteiger partial charge >= 0.3 is 5.97 Å². The van der Waals surface area contributed by atoms with Gasteiger partial charge in [0.05, 0.1) is 16.3 Å². The SMILES string of the molecule is O=C(COC(=O)CNC(=O)c1ccc(Cl)cc1Cl)Nc1ccccc1F. The van der Waals surface area contributed by atoms with Crippen LogP contribution in [0.25, 0.3) is 0 Å². The van der Waals surface area contributed by atoms with Gasteiger partial charge in [-0.05, 0) is 30.3 Å². The van der Waals surface area contributed by atoms with Gasteiger partial charge in [-0.2, -0.15) is 0 Å². The number of ether oxygens (including phenoxy) is 1. The summed E-state index contributed by atoms with van der Waals surface area (Å²) >= 11 is 11.6. The van der Waals surface area contributed by atoms with Gasteiger partial charge in [-0.3, -0.25) is 14.4 Å². The minimum absolute atomic E-state index is 0.0285. The quantitative estimate of drug-likeness (QED) is 0.732. The number of esters is 1. The zero-order chi connectivity index (χ0) is 19.1. The molecule has 2 aromatic rings. The van der Waals surface area contributed by atoms with Crippen molar-refractivity contribution in [3.05, 3.63) is 63.9 Å². The summed E-state index contributed by atoms with van der Waals surface area (Å²) in [6, 6.07) is 9.84. The van der Waals surface area contributed by atoms with Crippen molar-refractivity contribution in [1.29, 1.82) is 0 Å². The van der Waals surface area contributed by atoms with E-state index in [9.17, 15) is 18.8 Å². The summed E-state index contributed by atoms with van der Waals surface area (Å²) in [6.45, 7) is -1.09. The van der Waals surface area contributed by atoms with E-state index < -0.39 is 36.8 Å². The molecule has 26 heavy (non-hydrogen) atoms. The number of carbonyl (C=O) groups excluding carboxylic acids is 3. The smallest absolute Gasteiger partial charge is 0.325 e. The van der Waals surface area contributed by atoms with Gasteiger partial charge in [-0.1, -0.05) is 35.3 Å². The van der Waals surface area contributed by atoms with E-state index in [1.165, 1.54) is 36.4 Å². The highest BCUT2D eigenvalue weighted by atomic mass is 35.5. The van der Waals surface area contributed by atoms with Crippen LogP contribution in [0.15, 0.2) is 42.5 Å². The number of amides is 2. The van der Waals surface area contributed by atoms with E-state index in [1.54, 1.807) is 6.07 Å². The number of nitrogens with one attached hydrogen (secondary N) is 2. The summed E-state index contributed by atoms with van der Waals surface area (Å²) < 4.78 is 18.1. The van der Waals surface area contributed by atoms with Gasteiger partial charge in [-0.15, -0.1) is 0 Å². The molecule has 0 spiro atoms. The highest BCUT2D eigenvalue weighted by Crippen LogP contribution is 2.20. The normalized spacial score (nSPS) is 10.1. The molecule has 0 aliphatic rings. The summed E-state index contributed by atoms with van der Waals surface area (Å²) in [6.07, 6.45) is 0. The van der Waals surface area contributed by atoms with Crippen LogP contribution in [0.5, 0.6) is 0 Å². The third-order valence-corrected chi connectivity index (χ3v) is 3.63. The molecule has 0 saturated heterocycles. The van der Waals surface area contributed by atoms with E-state index in [-0.39, 0.29) is 16.3 Å². The average Bonchev–Trinajstić information content (AvgIpc) is 2.60. The standard InChI is InChI=1S/C17H13Cl2FN2O4/c18-10-5-6-11(12(19)7-10)17(25)21-8-16(24)26-9-15(23)22-14-4-2-1-3-13(14)20/h1-7H,8-9H2,(H,21,25)(H,22,23). The Labute approximate surface area is 158 Å². The third-order valence-electron chi connectivity index (χ3n) is 3.08. The van der Waals surface area contributed by atoms with Crippen LogP contribution in [0.3, 0.4) is 0 Å². The molecule has 136 valence electrons. The Balaban J connectivity index is 1.77. The number of hydrogen-bond acceptors (Lipinski definition) is 4. The van der Waals surface area contributed by atoms with E-state index in [2.05, 4.69) is 10.6 Å². The molecule has 0 aliphatic heterocycles. The van der Waals surface area contributed by atoms with E-state index >= 15 is 0 Å². The molecule has 2 amide bonds. The van der Waals surface area contributed by atoms with E-state index in [1.807, 2.05) is 0 Å². The van der Waals surface area contributed by atoms with Gasteiger partial charge in [0, 0.05) is 5.02 Å². The lowest BCUT2D eigenvalue weighted by atomic mass is 10.2. The van der Waals surface area contributed by atoms with Crippen molar-refractivity contribution in [2.75, 3.05) is 18.5 Å². The molecule has 2 aromatic carbocycles. The van der Waals surface area contributed by atoms with Gasteiger partial charge in [-0.25, -0.2) is 4.39 Å². The van der Waals surface area contributed by atoms with Crippen molar-refractivity contribution in [2.45, 2.75) is 0 Å². The van der Waals surface area contributed by atoms with E-state index in [4.69, 9.17) is 27.9 Å². The zero-order valence-corrected chi connectivity index (χ0v) is 14.7. The maximum atomic E-state index is 13.4. The van der Waals surface area contributed by atoms with Gasteiger partial charge < -0.3 is 15.4 Å². The van der Waals surface area contributed by atoms with Crippen LogP contribution in [-0.2, 0) is 14.3 Å². The summed E-state index contributed by atoms with van der Waals surface area (Å²) in [7, 11) is 0. The number of para-hydroxylation sites is 1. The van der Waals surface area contributed by atoms with Crippen molar-refractivity contribution in [3.8, 4) is 0 Å². The molecule has 0 atom stereocenters. The van der Waals surface area contributed by atoms with Crippen molar-refractivity contribution in [1.82, 2.24) is 5.32 Å². The van der Waals surface area contributed by atoms with Gasteiger partial charge in [0.25, 0.3) is 11.8 Å². The zero-order valence-electron chi connectivity index (χ0n) is 13.2. The summed E-state index contributed by atoms with van der Waals surface area (Å²) in [5.74, 6) is -2.76. The average molecular weight is 399 g/mol. The second kappa shape index (κ2) is 9.17. The lowest BCUT2D eigenvalue weighted by Crippen LogP contribution is -2.32. The number of rotatable bonds is 6. The van der Waals surface area contributed by atoms with Crippen LogP contribution < -0.4 is 10.6 Å². The first-order valence-corrected chi connectivity index (χ1v) is 8.05. The second-order valence-corrected chi connectivity index (χ2v) is 5.84. The topological polar surface area (TPSA) is 84.5 Å². The fourth-order valence-corrected chi connectivity index (χ4v) is 2.36. The predicted octanol–water partition coefficient (Wildman–Crippen LogP) is 3.04. The molecule has 0 unspecified atom stereocenters. The van der Waals surface area contributed by atoms with E-state index in [0.29, 0.717) is 5.02 Å². The lowest BCUT2D eigenvalue weighted by molar-refractivity contribution is -0.146. The lowest BCUT2D eigenvalue weighted by Gasteiger charge is -2.09. The molecule has 0 bridgehead atoms. The molecular weight excluding hydrogens is 386 g/mol. The number of carbonyl (C=O) groups is 3. The maximum Gasteiger partial charge on any atom is 0.325 e. The Morgan fingerprint density at radius 3 is 2.50 bits per heavy atom. The number of halogens is 3. The highest BCUT2D eigenvalue weighted by molar-refractivity contribution is 6.36. The van der Waals surface area contributed by atoms with E-state index in [0.717, 1.165) is 0 Å². The molecule has 0 aliphatic carbocycles. The Kier molecular flexibility index (Phi) is 6.94. The number of hydrogen-bond donors (Lipinski definition) is 2. The van der Waals surface area contributed by atoms with Crippen molar-refractivity contribution in [2.24, 2.45) is 0 Å². The van der Waals surface area contributed by atoms with Gasteiger partial charge in [0.15, 0.2) is 6.61 Å². The van der Waals surface area contributed by atoms with Gasteiger partial charge in [0.2, 0.25) is 0 Å².